The molecule has 2 aliphatic heterocycles. The van der Waals surface area contributed by atoms with Crippen molar-refractivity contribution in [1.82, 2.24) is 4.90 Å². The van der Waals surface area contributed by atoms with Gasteiger partial charge in [0.05, 0.1) is 18.1 Å². The van der Waals surface area contributed by atoms with Crippen molar-refractivity contribution in [2.75, 3.05) is 11.6 Å². The fourth-order valence-electron chi connectivity index (χ4n) is 3.80. The summed E-state index contributed by atoms with van der Waals surface area (Å²) in [6.45, 7) is 7.42. The number of nitrogens with zero attached hydrogens (tertiary/aromatic N) is 2. The first-order chi connectivity index (χ1) is 11.6. The molecule has 0 bridgehead atoms. The summed E-state index contributed by atoms with van der Waals surface area (Å²) < 4.78 is 0. The highest BCUT2D eigenvalue weighted by Crippen LogP contribution is 2.36. The first-order valence-corrected chi connectivity index (χ1v) is 8.41. The lowest BCUT2D eigenvalue weighted by Crippen LogP contribution is -2.27. The summed E-state index contributed by atoms with van der Waals surface area (Å²) in [6, 6.07) is 15.1. The van der Waals surface area contributed by atoms with Gasteiger partial charge in [0.1, 0.15) is 0 Å². The fourth-order valence-corrected chi connectivity index (χ4v) is 3.80. The number of anilines is 1. The molecular weight excluding hydrogens is 292 g/mol. The largest absolute Gasteiger partial charge is 0.327 e. The molecule has 0 aliphatic carbocycles. The third-order valence-electron chi connectivity index (χ3n) is 4.70. The first kappa shape index (κ1) is 14.8. The topological polar surface area (TPSA) is 6.48 Å². The monoisotopic (exact) mass is 314 g/mol. The van der Waals surface area contributed by atoms with E-state index in [1.807, 2.05) is 0 Å². The zero-order valence-corrected chi connectivity index (χ0v) is 14.5. The van der Waals surface area contributed by atoms with Crippen molar-refractivity contribution < 1.29 is 0 Å². The molecule has 0 N–H and O–H groups in total. The van der Waals surface area contributed by atoms with Gasteiger partial charge in [-0.15, -0.1) is 0 Å². The van der Waals surface area contributed by atoms with Crippen molar-refractivity contribution in [1.29, 1.82) is 0 Å². The minimum Gasteiger partial charge on any atom is -0.327 e. The van der Waals surface area contributed by atoms with Crippen molar-refractivity contribution in [3.05, 3.63) is 94.8 Å². The fraction of sp³-hybridized carbons (Fsp3) is 0.182. The number of fused-ring (bicyclic) bond motifs is 1. The van der Waals surface area contributed by atoms with Crippen molar-refractivity contribution in [3.63, 3.8) is 0 Å². The lowest BCUT2D eigenvalue weighted by Gasteiger charge is -2.28. The minimum absolute atomic E-state index is 0.852. The highest BCUT2D eigenvalue weighted by atomic mass is 15.4. The predicted molar refractivity (Wildman–Crippen MR) is 101 cm³/mol. The Morgan fingerprint density at radius 2 is 1.62 bits per heavy atom. The van der Waals surface area contributed by atoms with Crippen molar-refractivity contribution >= 4 is 11.4 Å². The maximum absolute atomic E-state index is 2.38. The summed E-state index contributed by atoms with van der Waals surface area (Å²) in [7, 11) is 0. The SMILES string of the molecule is Cc1cc(C)c(N2C=C3C=CC=C(c4ccccc4)N3C2)c(C)c1. The Labute approximate surface area is 144 Å². The minimum atomic E-state index is 0.852. The van der Waals surface area contributed by atoms with E-state index in [1.54, 1.807) is 0 Å². The van der Waals surface area contributed by atoms with Crippen LogP contribution in [-0.2, 0) is 0 Å². The van der Waals surface area contributed by atoms with E-state index in [0.29, 0.717) is 0 Å². The summed E-state index contributed by atoms with van der Waals surface area (Å²) in [5, 5.41) is 0. The van der Waals surface area contributed by atoms with Crippen LogP contribution in [0.4, 0.5) is 5.69 Å². The molecule has 2 heteroatoms. The summed E-state index contributed by atoms with van der Waals surface area (Å²) in [5.74, 6) is 0. The number of allylic oxidation sites excluding steroid dienone is 3. The second-order valence-electron chi connectivity index (χ2n) is 6.62. The molecule has 2 aliphatic rings. The van der Waals surface area contributed by atoms with Gasteiger partial charge in [0.15, 0.2) is 0 Å². The van der Waals surface area contributed by atoms with E-state index >= 15 is 0 Å². The molecule has 0 aromatic heterocycles. The number of aryl methyl sites for hydroxylation is 3. The Balaban J connectivity index is 1.71. The molecule has 2 aromatic rings. The Morgan fingerprint density at radius 3 is 2.33 bits per heavy atom. The van der Waals surface area contributed by atoms with Crippen LogP contribution in [0, 0.1) is 20.8 Å². The van der Waals surface area contributed by atoms with Gasteiger partial charge in [-0.05, 0) is 49.6 Å². The normalized spacial score (nSPS) is 16.1. The molecule has 0 radical (unpaired) electrons. The maximum Gasteiger partial charge on any atom is 0.0995 e. The van der Waals surface area contributed by atoms with E-state index in [9.17, 15) is 0 Å². The van der Waals surface area contributed by atoms with E-state index < -0.39 is 0 Å². The molecule has 0 amide bonds. The lowest BCUT2D eigenvalue weighted by molar-refractivity contribution is 0.544. The van der Waals surface area contributed by atoms with Crippen LogP contribution in [-0.4, -0.2) is 11.6 Å². The highest BCUT2D eigenvalue weighted by Gasteiger charge is 2.27. The zero-order chi connectivity index (χ0) is 16.7. The van der Waals surface area contributed by atoms with Crippen LogP contribution in [0.1, 0.15) is 22.3 Å². The van der Waals surface area contributed by atoms with Crippen LogP contribution in [0.3, 0.4) is 0 Å². The second kappa shape index (κ2) is 5.72. The van der Waals surface area contributed by atoms with Crippen LogP contribution in [0.15, 0.2) is 72.6 Å². The Morgan fingerprint density at radius 1 is 0.917 bits per heavy atom. The smallest absolute Gasteiger partial charge is 0.0995 e. The molecular formula is C22H22N2. The molecule has 0 saturated heterocycles. The average molecular weight is 314 g/mol. The van der Waals surface area contributed by atoms with E-state index in [1.165, 1.54) is 39.3 Å². The third kappa shape index (κ3) is 2.44. The molecule has 2 aromatic carbocycles. The summed E-state index contributed by atoms with van der Waals surface area (Å²) in [6.07, 6.45) is 8.79. The van der Waals surface area contributed by atoms with Crippen molar-refractivity contribution in [3.8, 4) is 0 Å². The maximum atomic E-state index is 2.38. The number of hydrogen-bond acceptors (Lipinski definition) is 2. The van der Waals surface area contributed by atoms with Crippen LogP contribution < -0.4 is 4.90 Å². The van der Waals surface area contributed by atoms with Gasteiger partial charge in [-0.1, -0.05) is 54.1 Å². The van der Waals surface area contributed by atoms with E-state index in [2.05, 4.69) is 97.5 Å². The molecule has 24 heavy (non-hydrogen) atoms. The van der Waals surface area contributed by atoms with Gasteiger partial charge >= 0.3 is 0 Å². The molecule has 0 unspecified atom stereocenters. The predicted octanol–water partition coefficient (Wildman–Crippen LogP) is 5.14. The van der Waals surface area contributed by atoms with E-state index in [4.69, 9.17) is 0 Å². The van der Waals surface area contributed by atoms with Gasteiger partial charge in [-0.2, -0.15) is 0 Å². The number of rotatable bonds is 2. The van der Waals surface area contributed by atoms with E-state index in [-0.39, 0.29) is 0 Å². The molecule has 4 rings (SSSR count). The first-order valence-electron chi connectivity index (χ1n) is 8.41. The standard InChI is InChI=1S/C22H22N2/c1-16-12-17(2)22(18(3)13-16)23-14-20-10-7-11-21(24(20)15-23)19-8-5-4-6-9-19/h4-14H,15H2,1-3H3. The molecule has 2 heterocycles. The highest BCUT2D eigenvalue weighted by molar-refractivity contribution is 5.73. The van der Waals surface area contributed by atoms with Crippen molar-refractivity contribution in [2.45, 2.75) is 20.8 Å². The van der Waals surface area contributed by atoms with Gasteiger partial charge in [0.25, 0.3) is 0 Å². The molecule has 0 fully saturated rings. The molecule has 0 spiro atoms. The second-order valence-corrected chi connectivity index (χ2v) is 6.62. The molecule has 0 atom stereocenters. The van der Waals surface area contributed by atoms with Crippen LogP contribution in [0.2, 0.25) is 0 Å². The molecule has 2 nitrogen and oxygen atoms in total. The Hall–Kier alpha value is -2.74. The van der Waals surface area contributed by atoms with Crippen molar-refractivity contribution in [2.24, 2.45) is 0 Å². The van der Waals surface area contributed by atoms with E-state index in [0.717, 1.165) is 6.67 Å². The molecule has 0 saturated carbocycles. The van der Waals surface area contributed by atoms with Crippen LogP contribution >= 0.6 is 0 Å². The van der Waals surface area contributed by atoms with Gasteiger partial charge < -0.3 is 9.80 Å². The Bertz CT molecular complexity index is 849. The van der Waals surface area contributed by atoms with Gasteiger partial charge in [-0.3, -0.25) is 0 Å². The number of benzene rings is 2. The average Bonchev–Trinajstić information content (AvgIpc) is 2.98. The quantitative estimate of drug-likeness (QED) is 0.757. The van der Waals surface area contributed by atoms with Crippen LogP contribution in [0.25, 0.3) is 5.70 Å². The van der Waals surface area contributed by atoms with Crippen LogP contribution in [0.5, 0.6) is 0 Å². The number of hydrogen-bond donors (Lipinski definition) is 0. The lowest BCUT2D eigenvalue weighted by atomic mass is 10.0. The summed E-state index contributed by atoms with van der Waals surface area (Å²) >= 11 is 0. The van der Waals surface area contributed by atoms with Gasteiger partial charge in [-0.25, -0.2) is 0 Å². The molecule has 120 valence electrons. The zero-order valence-electron chi connectivity index (χ0n) is 14.5. The Kier molecular flexibility index (Phi) is 3.53. The third-order valence-corrected chi connectivity index (χ3v) is 4.70. The summed E-state index contributed by atoms with van der Waals surface area (Å²) in [5.41, 5.74) is 9.07. The van der Waals surface area contributed by atoms with Gasteiger partial charge in [0.2, 0.25) is 0 Å². The van der Waals surface area contributed by atoms with Gasteiger partial charge in [0, 0.05) is 11.9 Å². The summed E-state index contributed by atoms with van der Waals surface area (Å²) in [4.78, 5) is 4.75.